The van der Waals surface area contributed by atoms with Gasteiger partial charge in [-0.25, -0.2) is 4.79 Å². The molecule has 3 N–H and O–H groups in total. The number of hydrogen-bond donors (Lipinski definition) is 2. The summed E-state index contributed by atoms with van der Waals surface area (Å²) in [7, 11) is 0. The number of anilines is 1. The van der Waals surface area contributed by atoms with Gasteiger partial charge in [0.15, 0.2) is 0 Å². The number of carbonyl (C=O) groups is 1. The first-order valence-corrected chi connectivity index (χ1v) is 6.51. The zero-order valence-electron chi connectivity index (χ0n) is 10.4. The number of nitrogens with zero attached hydrogens (tertiary/aromatic N) is 1. The quantitative estimate of drug-likeness (QED) is 0.865. The molecule has 98 valence electrons. The molecule has 0 aromatic heterocycles. The zero-order chi connectivity index (χ0) is 13.1. The average Bonchev–Trinajstić information content (AvgIpc) is 2.34. The third-order valence-electron chi connectivity index (χ3n) is 3.29. The number of aryl methyl sites for hydroxylation is 1. The maximum atomic E-state index is 11.0. The SMILES string of the molecule is Cc1ccc(Cl)c(NC2CCN(C(N)=O)CC2)c1. The van der Waals surface area contributed by atoms with E-state index in [4.69, 9.17) is 17.3 Å². The van der Waals surface area contributed by atoms with Gasteiger partial charge in [0.05, 0.1) is 10.7 Å². The van der Waals surface area contributed by atoms with Crippen molar-refractivity contribution < 1.29 is 4.79 Å². The number of nitrogens with one attached hydrogen (secondary N) is 1. The van der Waals surface area contributed by atoms with E-state index in [-0.39, 0.29) is 6.03 Å². The highest BCUT2D eigenvalue weighted by molar-refractivity contribution is 6.33. The number of carbonyl (C=O) groups excluding carboxylic acids is 1. The Hall–Kier alpha value is -1.42. The second-order valence-corrected chi connectivity index (χ2v) is 5.13. The molecular weight excluding hydrogens is 250 g/mol. The second kappa shape index (κ2) is 5.48. The molecule has 1 aliphatic heterocycles. The van der Waals surface area contributed by atoms with Crippen LogP contribution in [-0.2, 0) is 0 Å². The summed E-state index contributed by atoms with van der Waals surface area (Å²) >= 11 is 6.15. The molecule has 2 rings (SSSR count). The molecule has 4 nitrogen and oxygen atoms in total. The second-order valence-electron chi connectivity index (χ2n) is 4.73. The van der Waals surface area contributed by atoms with Crippen LogP contribution in [0.1, 0.15) is 18.4 Å². The van der Waals surface area contributed by atoms with Crippen molar-refractivity contribution in [3.63, 3.8) is 0 Å². The predicted molar refractivity (Wildman–Crippen MR) is 74.0 cm³/mol. The van der Waals surface area contributed by atoms with Crippen molar-refractivity contribution in [3.8, 4) is 0 Å². The molecule has 0 aliphatic carbocycles. The lowest BCUT2D eigenvalue weighted by Gasteiger charge is -2.32. The normalized spacial score (nSPS) is 16.7. The first kappa shape index (κ1) is 13.0. The summed E-state index contributed by atoms with van der Waals surface area (Å²) in [5.41, 5.74) is 7.40. The highest BCUT2D eigenvalue weighted by atomic mass is 35.5. The maximum Gasteiger partial charge on any atom is 0.314 e. The summed E-state index contributed by atoms with van der Waals surface area (Å²) in [4.78, 5) is 12.7. The predicted octanol–water partition coefficient (Wildman–Crippen LogP) is 2.60. The highest BCUT2D eigenvalue weighted by Gasteiger charge is 2.21. The molecule has 1 aromatic rings. The smallest absolute Gasteiger partial charge is 0.314 e. The first-order chi connectivity index (χ1) is 8.56. The Kier molecular flexibility index (Phi) is 3.97. The van der Waals surface area contributed by atoms with Gasteiger partial charge >= 0.3 is 6.03 Å². The van der Waals surface area contributed by atoms with Crippen molar-refractivity contribution in [3.05, 3.63) is 28.8 Å². The van der Waals surface area contributed by atoms with Crippen LogP contribution in [0.5, 0.6) is 0 Å². The Labute approximate surface area is 112 Å². The van der Waals surface area contributed by atoms with Crippen LogP contribution in [0.15, 0.2) is 18.2 Å². The summed E-state index contributed by atoms with van der Waals surface area (Å²) in [6.45, 7) is 3.45. The number of likely N-dealkylation sites (tertiary alicyclic amines) is 1. The first-order valence-electron chi connectivity index (χ1n) is 6.13. The third-order valence-corrected chi connectivity index (χ3v) is 3.62. The summed E-state index contributed by atoms with van der Waals surface area (Å²) in [6.07, 6.45) is 1.79. The lowest BCUT2D eigenvalue weighted by Crippen LogP contribution is -2.44. The summed E-state index contributed by atoms with van der Waals surface area (Å²) in [5, 5.41) is 4.17. The van der Waals surface area contributed by atoms with Crippen LogP contribution in [-0.4, -0.2) is 30.1 Å². The number of nitrogens with two attached hydrogens (primary N) is 1. The van der Waals surface area contributed by atoms with Gasteiger partial charge in [-0.3, -0.25) is 0 Å². The molecule has 1 aliphatic rings. The lowest BCUT2D eigenvalue weighted by atomic mass is 10.0. The molecule has 1 fully saturated rings. The Morgan fingerprint density at radius 1 is 1.44 bits per heavy atom. The van der Waals surface area contributed by atoms with E-state index in [1.54, 1.807) is 4.90 Å². The van der Waals surface area contributed by atoms with Gasteiger partial charge in [0, 0.05) is 19.1 Å². The third kappa shape index (κ3) is 3.07. The number of rotatable bonds is 2. The van der Waals surface area contributed by atoms with Crippen molar-refractivity contribution in [2.45, 2.75) is 25.8 Å². The van der Waals surface area contributed by atoms with E-state index in [0.29, 0.717) is 19.1 Å². The minimum atomic E-state index is -0.331. The molecule has 1 aromatic carbocycles. The number of urea groups is 1. The fourth-order valence-electron chi connectivity index (χ4n) is 2.21. The van der Waals surface area contributed by atoms with E-state index < -0.39 is 0 Å². The van der Waals surface area contributed by atoms with Crippen LogP contribution in [0.4, 0.5) is 10.5 Å². The molecule has 0 radical (unpaired) electrons. The maximum absolute atomic E-state index is 11.0. The minimum Gasteiger partial charge on any atom is -0.381 e. The Morgan fingerprint density at radius 2 is 2.11 bits per heavy atom. The van der Waals surface area contributed by atoms with Gasteiger partial charge in [0.2, 0.25) is 0 Å². The molecule has 18 heavy (non-hydrogen) atoms. The van der Waals surface area contributed by atoms with Gasteiger partial charge in [0.25, 0.3) is 0 Å². The fourth-order valence-corrected chi connectivity index (χ4v) is 2.39. The fraction of sp³-hybridized carbons (Fsp3) is 0.462. The van der Waals surface area contributed by atoms with Crippen molar-refractivity contribution in [1.82, 2.24) is 4.90 Å². The number of benzene rings is 1. The van der Waals surface area contributed by atoms with E-state index in [1.807, 2.05) is 25.1 Å². The molecule has 1 saturated heterocycles. The number of piperidine rings is 1. The molecule has 5 heteroatoms. The van der Waals surface area contributed by atoms with Gasteiger partial charge in [-0.15, -0.1) is 0 Å². The van der Waals surface area contributed by atoms with E-state index in [1.165, 1.54) is 5.56 Å². The minimum absolute atomic E-state index is 0.331. The van der Waals surface area contributed by atoms with Crippen LogP contribution in [0.25, 0.3) is 0 Å². The molecular formula is C13H18ClN3O. The van der Waals surface area contributed by atoms with E-state index >= 15 is 0 Å². The van der Waals surface area contributed by atoms with Gasteiger partial charge in [0.1, 0.15) is 0 Å². The Bertz CT molecular complexity index is 442. The zero-order valence-corrected chi connectivity index (χ0v) is 11.2. The van der Waals surface area contributed by atoms with Gasteiger partial charge < -0.3 is 16.0 Å². The lowest BCUT2D eigenvalue weighted by molar-refractivity contribution is 0.193. The molecule has 2 amide bonds. The molecule has 0 spiro atoms. The Balaban J connectivity index is 1.95. The summed E-state index contributed by atoms with van der Waals surface area (Å²) in [6, 6.07) is 5.95. The van der Waals surface area contributed by atoms with Crippen molar-refractivity contribution in [2.24, 2.45) is 5.73 Å². The van der Waals surface area contributed by atoms with E-state index in [0.717, 1.165) is 23.6 Å². The highest BCUT2D eigenvalue weighted by Crippen LogP contribution is 2.25. The van der Waals surface area contributed by atoms with Gasteiger partial charge in [-0.2, -0.15) is 0 Å². The van der Waals surface area contributed by atoms with Gasteiger partial charge in [-0.05, 0) is 37.5 Å². The molecule has 0 bridgehead atoms. The van der Waals surface area contributed by atoms with E-state index in [2.05, 4.69) is 5.32 Å². The number of amides is 2. The summed E-state index contributed by atoms with van der Waals surface area (Å²) in [5.74, 6) is 0. The number of hydrogen-bond acceptors (Lipinski definition) is 2. The van der Waals surface area contributed by atoms with Crippen LogP contribution < -0.4 is 11.1 Å². The van der Waals surface area contributed by atoms with Crippen molar-refractivity contribution in [2.75, 3.05) is 18.4 Å². The van der Waals surface area contributed by atoms with Crippen molar-refractivity contribution >= 4 is 23.3 Å². The number of primary amides is 1. The molecule has 1 heterocycles. The van der Waals surface area contributed by atoms with Crippen LogP contribution >= 0.6 is 11.6 Å². The van der Waals surface area contributed by atoms with Crippen LogP contribution in [0.2, 0.25) is 5.02 Å². The van der Waals surface area contributed by atoms with Crippen LogP contribution in [0.3, 0.4) is 0 Å². The van der Waals surface area contributed by atoms with E-state index in [9.17, 15) is 4.79 Å². The molecule has 0 saturated carbocycles. The molecule has 0 unspecified atom stereocenters. The topological polar surface area (TPSA) is 58.4 Å². The summed E-state index contributed by atoms with van der Waals surface area (Å²) < 4.78 is 0. The monoisotopic (exact) mass is 267 g/mol. The molecule has 0 atom stereocenters. The standard InChI is InChI=1S/C13H18ClN3O/c1-9-2-3-11(14)12(8-9)16-10-4-6-17(7-5-10)13(15)18/h2-3,8,10,16H,4-7H2,1H3,(H2,15,18). The van der Waals surface area contributed by atoms with Crippen molar-refractivity contribution in [1.29, 1.82) is 0 Å². The van der Waals surface area contributed by atoms with Crippen LogP contribution in [0, 0.1) is 6.92 Å². The largest absolute Gasteiger partial charge is 0.381 e. The van der Waals surface area contributed by atoms with Gasteiger partial charge in [-0.1, -0.05) is 17.7 Å². The Morgan fingerprint density at radius 3 is 2.72 bits per heavy atom. The number of halogens is 1. The average molecular weight is 268 g/mol.